The van der Waals surface area contributed by atoms with Crippen LogP contribution in [0.4, 0.5) is 13.2 Å². The van der Waals surface area contributed by atoms with E-state index in [1.165, 1.54) is 11.8 Å². The van der Waals surface area contributed by atoms with Crippen LogP contribution < -0.4 is 14.2 Å². The van der Waals surface area contributed by atoms with Crippen LogP contribution >= 0.6 is 0 Å². The summed E-state index contributed by atoms with van der Waals surface area (Å²) in [5, 5.41) is 4.64. The normalized spacial score (nSPS) is 11.3. The molecule has 0 saturated carbocycles. The van der Waals surface area contributed by atoms with E-state index in [1.807, 2.05) is 12.1 Å². The lowest BCUT2D eigenvalue weighted by molar-refractivity contribution is -0.141. The van der Waals surface area contributed by atoms with E-state index < -0.39 is 11.9 Å². The van der Waals surface area contributed by atoms with E-state index in [4.69, 9.17) is 14.2 Å². The number of rotatable bonds is 7. The zero-order chi connectivity index (χ0) is 27.6. The Morgan fingerprint density at radius 1 is 0.590 bits per heavy atom. The van der Waals surface area contributed by atoms with Gasteiger partial charge in [0.15, 0.2) is 5.69 Å². The highest BCUT2D eigenvalue weighted by atomic mass is 19.4. The minimum Gasteiger partial charge on any atom is -0.497 e. The van der Waals surface area contributed by atoms with E-state index in [0.29, 0.717) is 39.8 Å². The van der Waals surface area contributed by atoms with Gasteiger partial charge in [0.05, 0.1) is 38.4 Å². The summed E-state index contributed by atoms with van der Waals surface area (Å²) >= 11 is 0. The number of halogens is 3. The summed E-state index contributed by atoms with van der Waals surface area (Å²) in [6.07, 6.45) is -4.70. The number of alkyl halides is 3. The Hall–Kier alpha value is -4.86. The lowest BCUT2D eigenvalue weighted by Gasteiger charge is -2.13. The number of aromatic nitrogens is 4. The second-order valence-corrected chi connectivity index (χ2v) is 8.45. The quantitative estimate of drug-likeness (QED) is 0.232. The van der Waals surface area contributed by atoms with Crippen molar-refractivity contribution in [2.45, 2.75) is 6.18 Å². The fourth-order valence-corrected chi connectivity index (χ4v) is 3.99. The van der Waals surface area contributed by atoms with Crippen molar-refractivity contribution in [2.75, 3.05) is 21.3 Å². The van der Waals surface area contributed by atoms with Crippen LogP contribution in [-0.4, -0.2) is 41.1 Å². The molecule has 0 spiro atoms. The van der Waals surface area contributed by atoms with E-state index in [-0.39, 0.29) is 11.6 Å². The van der Waals surface area contributed by atoms with Gasteiger partial charge in [-0.25, -0.2) is 9.97 Å². The van der Waals surface area contributed by atoms with Gasteiger partial charge < -0.3 is 14.2 Å². The highest BCUT2D eigenvalue weighted by Gasteiger charge is 2.34. The van der Waals surface area contributed by atoms with E-state index in [2.05, 4.69) is 15.1 Å². The van der Waals surface area contributed by atoms with E-state index in [9.17, 15) is 13.2 Å². The van der Waals surface area contributed by atoms with Crippen molar-refractivity contribution in [1.29, 1.82) is 0 Å². The molecule has 0 saturated heterocycles. The molecule has 0 N–H and O–H groups in total. The standard InChI is InChI=1S/C29H23F3N4O3/c1-37-21-10-4-18(5-11-21)24-17-27(29(30,31)32)34-28(33-24)36-26(20-8-14-23(39-3)15-9-20)16-25(35-36)19-6-12-22(38-2)13-7-19/h4-17H,1-3H3. The second kappa shape index (κ2) is 10.5. The van der Waals surface area contributed by atoms with Gasteiger partial charge in [0.25, 0.3) is 5.95 Å². The largest absolute Gasteiger partial charge is 0.497 e. The van der Waals surface area contributed by atoms with Crippen LogP contribution in [0.5, 0.6) is 17.2 Å². The second-order valence-electron chi connectivity index (χ2n) is 8.45. The first-order valence-corrected chi connectivity index (χ1v) is 11.8. The fourth-order valence-electron chi connectivity index (χ4n) is 3.99. The van der Waals surface area contributed by atoms with Crippen LogP contribution in [0.25, 0.3) is 39.7 Å². The van der Waals surface area contributed by atoms with Crippen LogP contribution in [0.1, 0.15) is 5.69 Å². The van der Waals surface area contributed by atoms with Gasteiger partial charge in [-0.2, -0.15) is 23.0 Å². The first-order valence-electron chi connectivity index (χ1n) is 11.8. The maximum Gasteiger partial charge on any atom is 0.433 e. The van der Waals surface area contributed by atoms with Crippen molar-refractivity contribution in [3.05, 3.63) is 90.6 Å². The monoisotopic (exact) mass is 532 g/mol. The van der Waals surface area contributed by atoms with Gasteiger partial charge >= 0.3 is 6.18 Å². The highest BCUT2D eigenvalue weighted by Crippen LogP contribution is 2.34. The van der Waals surface area contributed by atoms with Crippen molar-refractivity contribution in [3.8, 4) is 57.0 Å². The molecule has 5 aromatic rings. The molecule has 39 heavy (non-hydrogen) atoms. The molecule has 0 aliphatic heterocycles. The molecule has 3 aromatic carbocycles. The van der Waals surface area contributed by atoms with Crippen molar-refractivity contribution in [2.24, 2.45) is 0 Å². The van der Waals surface area contributed by atoms with Gasteiger partial charge in [0.2, 0.25) is 0 Å². The predicted octanol–water partition coefficient (Wildman–Crippen LogP) is 6.71. The maximum atomic E-state index is 14.0. The van der Waals surface area contributed by atoms with Crippen LogP contribution in [0, 0.1) is 0 Å². The molecule has 0 aliphatic rings. The summed E-state index contributed by atoms with van der Waals surface area (Å²) in [5.41, 5.74) is 1.94. The summed E-state index contributed by atoms with van der Waals surface area (Å²) in [4.78, 5) is 8.38. The Kier molecular flexibility index (Phi) is 6.93. The number of hydrogen-bond donors (Lipinski definition) is 0. The molecular formula is C29H23F3N4O3. The number of benzene rings is 3. The van der Waals surface area contributed by atoms with Crippen molar-refractivity contribution >= 4 is 0 Å². The molecule has 0 bridgehead atoms. The smallest absolute Gasteiger partial charge is 0.433 e. The van der Waals surface area contributed by atoms with E-state index >= 15 is 0 Å². The van der Waals surface area contributed by atoms with Crippen molar-refractivity contribution < 1.29 is 27.4 Å². The Labute approximate surface area is 222 Å². The van der Waals surface area contributed by atoms with Crippen molar-refractivity contribution in [3.63, 3.8) is 0 Å². The van der Waals surface area contributed by atoms with Crippen LogP contribution in [0.15, 0.2) is 84.9 Å². The summed E-state index contributed by atoms with van der Waals surface area (Å²) in [6.45, 7) is 0. The predicted molar refractivity (Wildman–Crippen MR) is 140 cm³/mol. The van der Waals surface area contributed by atoms with Crippen LogP contribution in [-0.2, 0) is 6.18 Å². The number of nitrogens with zero attached hydrogens (tertiary/aromatic N) is 4. The Morgan fingerprint density at radius 2 is 1.05 bits per heavy atom. The third-order valence-corrected chi connectivity index (χ3v) is 6.06. The topological polar surface area (TPSA) is 71.3 Å². The zero-order valence-corrected chi connectivity index (χ0v) is 21.2. The summed E-state index contributed by atoms with van der Waals surface area (Å²) in [5.74, 6) is 1.65. The molecule has 0 fully saturated rings. The molecule has 5 rings (SSSR count). The number of methoxy groups -OCH3 is 3. The van der Waals surface area contributed by atoms with Gasteiger partial charge in [-0.3, -0.25) is 0 Å². The Balaban J connectivity index is 1.71. The average Bonchev–Trinajstić information content (AvgIpc) is 3.42. The van der Waals surface area contributed by atoms with Gasteiger partial charge in [-0.05, 0) is 84.9 Å². The molecule has 198 valence electrons. The molecule has 0 aliphatic carbocycles. The Bertz CT molecular complexity index is 1580. The van der Waals surface area contributed by atoms with E-state index in [0.717, 1.165) is 11.6 Å². The summed E-state index contributed by atoms with van der Waals surface area (Å²) < 4.78 is 58.9. The third-order valence-electron chi connectivity index (χ3n) is 6.06. The van der Waals surface area contributed by atoms with Crippen LogP contribution in [0.3, 0.4) is 0 Å². The summed E-state index contributed by atoms with van der Waals surface area (Å²) in [7, 11) is 4.63. The average molecular weight is 533 g/mol. The molecule has 7 nitrogen and oxygen atoms in total. The lowest BCUT2D eigenvalue weighted by Crippen LogP contribution is -2.14. The zero-order valence-electron chi connectivity index (χ0n) is 21.2. The Morgan fingerprint density at radius 3 is 1.51 bits per heavy atom. The van der Waals surface area contributed by atoms with Crippen LogP contribution in [0.2, 0.25) is 0 Å². The maximum absolute atomic E-state index is 14.0. The molecule has 0 radical (unpaired) electrons. The van der Waals surface area contributed by atoms with Gasteiger partial charge in [-0.1, -0.05) is 0 Å². The third kappa shape index (κ3) is 5.40. The van der Waals surface area contributed by atoms with Crippen molar-refractivity contribution in [1.82, 2.24) is 19.7 Å². The van der Waals surface area contributed by atoms with E-state index in [1.54, 1.807) is 80.9 Å². The minimum atomic E-state index is -4.70. The first kappa shape index (κ1) is 25.8. The molecule has 10 heteroatoms. The van der Waals surface area contributed by atoms with Gasteiger partial charge in [0, 0.05) is 16.7 Å². The molecule has 2 aromatic heterocycles. The molecule has 0 amide bonds. The SMILES string of the molecule is COc1ccc(-c2cc(C(F)(F)F)nc(-n3nc(-c4ccc(OC)cc4)cc3-c3ccc(OC)cc3)n2)cc1. The number of ether oxygens (including phenoxy) is 3. The minimum absolute atomic E-state index is 0.0946. The lowest BCUT2D eigenvalue weighted by atomic mass is 10.1. The molecule has 0 atom stereocenters. The fraction of sp³-hybridized carbons (Fsp3) is 0.138. The highest BCUT2D eigenvalue weighted by molar-refractivity contribution is 5.71. The van der Waals surface area contributed by atoms with Gasteiger partial charge in [0.1, 0.15) is 17.2 Å². The molecule has 2 heterocycles. The molecular weight excluding hydrogens is 509 g/mol. The molecule has 0 unspecified atom stereocenters. The summed E-state index contributed by atoms with van der Waals surface area (Å²) in [6, 6.07) is 23.6. The number of hydrogen-bond acceptors (Lipinski definition) is 6. The van der Waals surface area contributed by atoms with Gasteiger partial charge in [-0.15, -0.1) is 0 Å². The first-order chi connectivity index (χ1) is 18.8.